The third-order valence-electron chi connectivity index (χ3n) is 2.30. The third-order valence-corrected chi connectivity index (χ3v) is 2.30. The summed E-state index contributed by atoms with van der Waals surface area (Å²) in [7, 11) is 0. The summed E-state index contributed by atoms with van der Waals surface area (Å²) in [6.45, 7) is 3.36. The van der Waals surface area contributed by atoms with E-state index in [4.69, 9.17) is 4.74 Å². The Morgan fingerprint density at radius 2 is 2.15 bits per heavy atom. The number of anilines is 1. The number of hydrogen-bond acceptors (Lipinski definition) is 5. The molecule has 0 heterocycles. The highest BCUT2D eigenvalue weighted by atomic mass is 16.6. The van der Waals surface area contributed by atoms with E-state index in [1.165, 1.54) is 31.2 Å². The number of non-ortho nitro benzene ring substituents is 1. The van der Waals surface area contributed by atoms with E-state index in [1.54, 1.807) is 6.92 Å². The molecule has 0 aliphatic carbocycles. The topological polar surface area (TPSA) is 111 Å². The maximum atomic E-state index is 11.6. The molecule has 2 N–H and O–H groups in total. The highest BCUT2D eigenvalue weighted by molar-refractivity contribution is 5.92. The van der Waals surface area contributed by atoms with E-state index in [2.05, 4.69) is 10.6 Å². The number of hydrogen-bond donors (Lipinski definition) is 2. The first kappa shape index (κ1) is 15.4. The number of carbonyl (C=O) groups excluding carboxylic acids is 2. The Morgan fingerprint density at radius 1 is 1.45 bits per heavy atom. The highest BCUT2D eigenvalue weighted by Crippen LogP contribution is 2.16. The Balaban J connectivity index is 2.60. The fourth-order valence-electron chi connectivity index (χ4n) is 1.39. The summed E-state index contributed by atoms with van der Waals surface area (Å²) in [5.74, 6) is -0.554. The number of rotatable bonds is 5. The van der Waals surface area contributed by atoms with Crippen molar-refractivity contribution in [2.24, 2.45) is 0 Å². The van der Waals surface area contributed by atoms with E-state index in [1.807, 2.05) is 0 Å². The number of benzene rings is 1. The van der Waals surface area contributed by atoms with Crippen LogP contribution in [-0.2, 0) is 9.53 Å². The number of nitrogens with zero attached hydrogens (tertiary/aromatic N) is 1. The molecule has 0 bridgehead atoms. The molecular formula is C12H15N3O5. The van der Waals surface area contributed by atoms with E-state index in [0.29, 0.717) is 0 Å². The number of urea groups is 1. The lowest BCUT2D eigenvalue weighted by Crippen LogP contribution is -2.41. The van der Waals surface area contributed by atoms with Crippen LogP contribution in [0.25, 0.3) is 0 Å². The zero-order valence-electron chi connectivity index (χ0n) is 11.1. The van der Waals surface area contributed by atoms with Crippen LogP contribution in [-0.4, -0.2) is 29.6 Å². The van der Waals surface area contributed by atoms with Gasteiger partial charge in [0.1, 0.15) is 6.04 Å². The SMILES string of the molecule is CCOC(=O)C(C)NC(=O)Nc1cccc([N+](=O)[O-])c1. The van der Waals surface area contributed by atoms with Gasteiger partial charge in [-0.25, -0.2) is 9.59 Å². The Bertz CT molecular complexity index is 518. The number of nitro groups is 1. The van der Waals surface area contributed by atoms with Gasteiger partial charge in [0.25, 0.3) is 5.69 Å². The summed E-state index contributed by atoms with van der Waals surface area (Å²) < 4.78 is 4.73. The molecular weight excluding hydrogens is 266 g/mol. The second-order valence-corrected chi connectivity index (χ2v) is 3.88. The minimum absolute atomic E-state index is 0.138. The summed E-state index contributed by atoms with van der Waals surface area (Å²) in [5.41, 5.74) is 0.119. The van der Waals surface area contributed by atoms with Crippen molar-refractivity contribution in [3.63, 3.8) is 0 Å². The molecule has 8 nitrogen and oxygen atoms in total. The van der Waals surface area contributed by atoms with Gasteiger partial charge in [0.15, 0.2) is 0 Å². The quantitative estimate of drug-likeness (QED) is 0.484. The highest BCUT2D eigenvalue weighted by Gasteiger charge is 2.16. The van der Waals surface area contributed by atoms with Gasteiger partial charge in [-0.3, -0.25) is 10.1 Å². The molecule has 0 radical (unpaired) electrons. The Kier molecular flexibility index (Phi) is 5.45. The van der Waals surface area contributed by atoms with Gasteiger partial charge < -0.3 is 15.4 Å². The molecule has 0 aromatic heterocycles. The number of ether oxygens (including phenoxy) is 1. The number of carbonyl (C=O) groups is 2. The molecule has 0 aliphatic rings. The van der Waals surface area contributed by atoms with Gasteiger partial charge in [-0.1, -0.05) is 6.07 Å². The normalized spacial score (nSPS) is 11.3. The van der Waals surface area contributed by atoms with Gasteiger partial charge in [0, 0.05) is 17.8 Å². The summed E-state index contributed by atoms with van der Waals surface area (Å²) in [5, 5.41) is 15.4. The van der Waals surface area contributed by atoms with Crippen LogP contribution < -0.4 is 10.6 Å². The summed E-state index contributed by atoms with van der Waals surface area (Å²) in [6, 6.07) is 4.02. The lowest BCUT2D eigenvalue weighted by molar-refractivity contribution is -0.384. The molecule has 1 unspecified atom stereocenters. The summed E-state index contributed by atoms with van der Waals surface area (Å²) in [4.78, 5) is 33.0. The Morgan fingerprint density at radius 3 is 2.75 bits per heavy atom. The fraction of sp³-hybridized carbons (Fsp3) is 0.333. The van der Waals surface area contributed by atoms with Gasteiger partial charge in [0.2, 0.25) is 0 Å². The van der Waals surface area contributed by atoms with Crippen LogP contribution in [0.4, 0.5) is 16.2 Å². The smallest absolute Gasteiger partial charge is 0.328 e. The second-order valence-electron chi connectivity index (χ2n) is 3.88. The molecule has 0 saturated carbocycles. The van der Waals surface area contributed by atoms with Crippen molar-refractivity contribution in [1.82, 2.24) is 5.32 Å². The predicted octanol–water partition coefficient (Wildman–Crippen LogP) is 1.67. The first-order valence-corrected chi connectivity index (χ1v) is 5.92. The average Bonchev–Trinajstić information content (AvgIpc) is 2.39. The van der Waals surface area contributed by atoms with Crippen LogP contribution in [0.5, 0.6) is 0 Å². The first-order chi connectivity index (χ1) is 9.43. The van der Waals surface area contributed by atoms with Crippen LogP contribution in [0.15, 0.2) is 24.3 Å². The van der Waals surface area contributed by atoms with E-state index in [-0.39, 0.29) is 18.0 Å². The van der Waals surface area contributed by atoms with Crippen molar-refractivity contribution in [1.29, 1.82) is 0 Å². The number of esters is 1. The predicted molar refractivity (Wildman–Crippen MR) is 71.3 cm³/mol. The van der Waals surface area contributed by atoms with Crippen molar-refractivity contribution in [2.75, 3.05) is 11.9 Å². The van der Waals surface area contributed by atoms with Gasteiger partial charge in [-0.15, -0.1) is 0 Å². The molecule has 1 rings (SSSR count). The van der Waals surface area contributed by atoms with E-state index >= 15 is 0 Å². The Labute approximate surface area is 115 Å². The molecule has 1 atom stereocenters. The average molecular weight is 281 g/mol. The molecule has 1 aromatic rings. The maximum Gasteiger partial charge on any atom is 0.328 e. The molecule has 20 heavy (non-hydrogen) atoms. The zero-order chi connectivity index (χ0) is 15.1. The van der Waals surface area contributed by atoms with Crippen LogP contribution >= 0.6 is 0 Å². The lowest BCUT2D eigenvalue weighted by atomic mass is 10.3. The van der Waals surface area contributed by atoms with Gasteiger partial charge in [0.05, 0.1) is 11.5 Å². The zero-order valence-corrected chi connectivity index (χ0v) is 11.1. The van der Waals surface area contributed by atoms with E-state index in [9.17, 15) is 19.7 Å². The minimum atomic E-state index is -0.811. The maximum absolute atomic E-state index is 11.6. The molecule has 0 spiro atoms. The number of amides is 2. The third kappa shape index (κ3) is 4.56. The summed E-state index contributed by atoms with van der Waals surface area (Å²) >= 11 is 0. The van der Waals surface area contributed by atoms with Crippen LogP contribution in [0.1, 0.15) is 13.8 Å². The number of nitro benzene ring substituents is 1. The molecule has 108 valence electrons. The molecule has 1 aromatic carbocycles. The minimum Gasteiger partial charge on any atom is -0.464 e. The van der Waals surface area contributed by atoms with Crippen molar-refractivity contribution in [3.05, 3.63) is 34.4 Å². The monoisotopic (exact) mass is 281 g/mol. The lowest BCUT2D eigenvalue weighted by Gasteiger charge is -2.13. The van der Waals surface area contributed by atoms with Crippen molar-refractivity contribution < 1.29 is 19.2 Å². The second kappa shape index (κ2) is 7.07. The van der Waals surface area contributed by atoms with Crippen LogP contribution in [0.3, 0.4) is 0 Å². The van der Waals surface area contributed by atoms with Gasteiger partial charge in [-0.2, -0.15) is 0 Å². The molecule has 0 aliphatic heterocycles. The van der Waals surface area contributed by atoms with E-state index in [0.717, 1.165) is 0 Å². The summed E-state index contributed by atoms with van der Waals surface area (Å²) in [6.07, 6.45) is 0. The molecule has 8 heteroatoms. The van der Waals surface area contributed by atoms with Crippen molar-refractivity contribution >= 4 is 23.4 Å². The van der Waals surface area contributed by atoms with Gasteiger partial charge in [-0.05, 0) is 19.9 Å². The molecule has 2 amide bonds. The fourth-order valence-corrected chi connectivity index (χ4v) is 1.39. The largest absolute Gasteiger partial charge is 0.464 e. The van der Waals surface area contributed by atoms with Gasteiger partial charge >= 0.3 is 12.0 Å². The van der Waals surface area contributed by atoms with E-state index < -0.39 is 23.0 Å². The molecule has 0 saturated heterocycles. The van der Waals surface area contributed by atoms with Crippen molar-refractivity contribution in [2.45, 2.75) is 19.9 Å². The van der Waals surface area contributed by atoms with Crippen molar-refractivity contribution in [3.8, 4) is 0 Å². The molecule has 0 fully saturated rings. The standard InChI is InChI=1S/C12H15N3O5/c1-3-20-11(16)8(2)13-12(17)14-9-5-4-6-10(7-9)15(18)19/h4-8H,3H2,1-2H3,(H2,13,14,17). The number of nitrogens with one attached hydrogen (secondary N) is 2. The Hall–Kier alpha value is -2.64. The first-order valence-electron chi connectivity index (χ1n) is 5.92. The van der Waals surface area contributed by atoms with Crippen LogP contribution in [0, 0.1) is 10.1 Å². The van der Waals surface area contributed by atoms with Crippen LogP contribution in [0.2, 0.25) is 0 Å².